The average Bonchev–Trinajstić information content (AvgIpc) is 3.20. The van der Waals surface area contributed by atoms with E-state index in [2.05, 4.69) is 5.32 Å². The molecule has 1 atom stereocenters. The van der Waals surface area contributed by atoms with Gasteiger partial charge in [0.1, 0.15) is 11.3 Å². The summed E-state index contributed by atoms with van der Waals surface area (Å²) in [6, 6.07) is 12.2. The van der Waals surface area contributed by atoms with Gasteiger partial charge < -0.3 is 9.73 Å². The first kappa shape index (κ1) is 15.3. The number of hydrogen-bond donors (Lipinski definition) is 3. The number of para-hydroxylation sites is 1. The highest BCUT2D eigenvalue weighted by Crippen LogP contribution is 2.24. The minimum atomic E-state index is -0.639. The number of fused-ring (bicyclic) bond motifs is 1. The fraction of sp³-hybridized carbons (Fsp3) is 0.125. The van der Waals surface area contributed by atoms with Gasteiger partial charge in [0.05, 0.1) is 15.8 Å². The lowest BCUT2D eigenvalue weighted by molar-refractivity contribution is 0.0711. The Balaban J connectivity index is 1.74. The molecular formula is C16H14N2O4S. The first-order valence-corrected chi connectivity index (χ1v) is 7.73. The highest BCUT2D eigenvalue weighted by molar-refractivity contribution is 7.15. The molecule has 7 heteroatoms. The van der Waals surface area contributed by atoms with Crippen molar-refractivity contribution in [1.29, 1.82) is 0 Å². The Kier molecular flexibility index (Phi) is 4.14. The van der Waals surface area contributed by atoms with Crippen LogP contribution >= 0.6 is 11.3 Å². The van der Waals surface area contributed by atoms with E-state index in [-0.39, 0.29) is 16.8 Å². The summed E-state index contributed by atoms with van der Waals surface area (Å²) >= 11 is 1.00. The number of amides is 2. The predicted octanol–water partition coefficient (Wildman–Crippen LogP) is 3.10. The number of furan rings is 1. The Hall–Kier alpha value is -2.64. The molecule has 23 heavy (non-hydrogen) atoms. The van der Waals surface area contributed by atoms with Crippen molar-refractivity contribution >= 4 is 34.1 Å². The maximum absolute atomic E-state index is 12.2. The molecule has 0 fully saturated rings. The second kappa shape index (κ2) is 6.23. The van der Waals surface area contributed by atoms with Crippen molar-refractivity contribution in [1.82, 2.24) is 10.8 Å². The molecule has 2 aromatic heterocycles. The van der Waals surface area contributed by atoms with E-state index in [4.69, 9.17) is 9.62 Å². The van der Waals surface area contributed by atoms with Gasteiger partial charge in [0.25, 0.3) is 11.8 Å². The Labute approximate surface area is 135 Å². The Morgan fingerprint density at radius 2 is 1.83 bits per heavy atom. The fourth-order valence-corrected chi connectivity index (χ4v) is 2.99. The maximum atomic E-state index is 12.2. The number of thiophene rings is 1. The number of nitrogens with one attached hydrogen (secondary N) is 2. The topological polar surface area (TPSA) is 91.6 Å². The lowest BCUT2D eigenvalue weighted by atomic mass is 10.2. The quantitative estimate of drug-likeness (QED) is 0.506. The van der Waals surface area contributed by atoms with Gasteiger partial charge in [-0.25, -0.2) is 5.48 Å². The summed E-state index contributed by atoms with van der Waals surface area (Å²) in [7, 11) is 0. The van der Waals surface area contributed by atoms with E-state index in [9.17, 15) is 9.59 Å². The van der Waals surface area contributed by atoms with Crippen molar-refractivity contribution in [3.63, 3.8) is 0 Å². The minimum absolute atomic E-state index is 0.258. The summed E-state index contributed by atoms with van der Waals surface area (Å²) in [5.41, 5.74) is 2.31. The van der Waals surface area contributed by atoms with Crippen LogP contribution in [0.4, 0.5) is 0 Å². The van der Waals surface area contributed by atoms with Crippen LogP contribution in [-0.2, 0) is 0 Å². The molecule has 2 amide bonds. The fourth-order valence-electron chi connectivity index (χ4n) is 2.19. The van der Waals surface area contributed by atoms with Crippen LogP contribution in [0.25, 0.3) is 11.0 Å². The number of carbonyl (C=O) groups excluding carboxylic acids is 2. The smallest absolute Gasteiger partial charge is 0.284 e. The molecule has 0 aliphatic carbocycles. The zero-order valence-electron chi connectivity index (χ0n) is 12.2. The molecule has 6 nitrogen and oxygen atoms in total. The standard InChI is InChI=1S/C16H14N2O4S/c1-9(12-8-10-4-2-3-5-11(10)22-12)17-15(19)13-6-7-14(23-13)16(20)18-21/h2-9,21H,1H3,(H,17,19)(H,18,20)/t9-/m1/s1. The largest absolute Gasteiger partial charge is 0.459 e. The van der Waals surface area contributed by atoms with Crippen LogP contribution in [0, 0.1) is 0 Å². The van der Waals surface area contributed by atoms with E-state index < -0.39 is 5.91 Å². The van der Waals surface area contributed by atoms with Crippen molar-refractivity contribution in [2.45, 2.75) is 13.0 Å². The van der Waals surface area contributed by atoms with Crippen LogP contribution in [0.1, 0.15) is 38.1 Å². The maximum Gasteiger partial charge on any atom is 0.284 e. The lowest BCUT2D eigenvalue weighted by Gasteiger charge is -2.10. The molecule has 1 aromatic carbocycles. The van der Waals surface area contributed by atoms with Gasteiger partial charge >= 0.3 is 0 Å². The molecule has 0 aliphatic heterocycles. The van der Waals surface area contributed by atoms with E-state index >= 15 is 0 Å². The van der Waals surface area contributed by atoms with Crippen molar-refractivity contribution in [2.24, 2.45) is 0 Å². The first-order valence-electron chi connectivity index (χ1n) is 6.92. The molecule has 0 saturated carbocycles. The van der Waals surface area contributed by atoms with Crippen molar-refractivity contribution in [2.75, 3.05) is 0 Å². The Morgan fingerprint density at radius 1 is 1.13 bits per heavy atom. The van der Waals surface area contributed by atoms with Crippen molar-refractivity contribution in [3.05, 3.63) is 58.0 Å². The second-order valence-electron chi connectivity index (χ2n) is 4.99. The molecule has 118 valence electrons. The lowest BCUT2D eigenvalue weighted by Crippen LogP contribution is -2.25. The Morgan fingerprint density at radius 3 is 2.52 bits per heavy atom. The second-order valence-corrected chi connectivity index (χ2v) is 6.07. The van der Waals surface area contributed by atoms with Gasteiger partial charge in [0.15, 0.2) is 0 Å². The van der Waals surface area contributed by atoms with Crippen LogP contribution in [0.2, 0.25) is 0 Å². The van der Waals surface area contributed by atoms with E-state index in [0.717, 1.165) is 22.3 Å². The minimum Gasteiger partial charge on any atom is -0.459 e. The van der Waals surface area contributed by atoms with Crippen LogP contribution < -0.4 is 10.8 Å². The van der Waals surface area contributed by atoms with E-state index in [1.54, 1.807) is 0 Å². The summed E-state index contributed by atoms with van der Waals surface area (Å²) in [5, 5.41) is 12.4. The number of carbonyl (C=O) groups is 2. The number of benzene rings is 1. The highest BCUT2D eigenvalue weighted by Gasteiger charge is 2.18. The highest BCUT2D eigenvalue weighted by atomic mass is 32.1. The SMILES string of the molecule is C[C@@H](NC(=O)c1ccc(C(=O)NO)s1)c1cc2ccccc2o1. The first-order chi connectivity index (χ1) is 11.1. The van der Waals surface area contributed by atoms with Gasteiger partial charge in [-0.2, -0.15) is 0 Å². The van der Waals surface area contributed by atoms with E-state index in [1.165, 1.54) is 17.6 Å². The normalized spacial score (nSPS) is 12.1. The predicted molar refractivity (Wildman–Crippen MR) is 85.7 cm³/mol. The van der Waals surface area contributed by atoms with E-state index in [1.807, 2.05) is 37.3 Å². The monoisotopic (exact) mass is 330 g/mol. The van der Waals surface area contributed by atoms with Gasteiger partial charge in [-0.3, -0.25) is 14.8 Å². The Bertz CT molecular complexity index is 835. The summed E-state index contributed by atoms with van der Waals surface area (Å²) in [6.45, 7) is 1.82. The van der Waals surface area contributed by atoms with E-state index in [0.29, 0.717) is 10.6 Å². The van der Waals surface area contributed by atoms with Gasteiger partial charge in [-0.1, -0.05) is 18.2 Å². The number of rotatable bonds is 4. The van der Waals surface area contributed by atoms with Gasteiger partial charge in [0.2, 0.25) is 0 Å². The summed E-state index contributed by atoms with van der Waals surface area (Å²) in [5.74, 6) is -0.288. The summed E-state index contributed by atoms with van der Waals surface area (Å²) in [4.78, 5) is 24.2. The third-order valence-electron chi connectivity index (χ3n) is 3.37. The molecule has 3 rings (SSSR count). The van der Waals surface area contributed by atoms with Crippen LogP contribution in [0.15, 0.2) is 46.9 Å². The van der Waals surface area contributed by atoms with Gasteiger partial charge in [0, 0.05) is 5.39 Å². The molecule has 0 radical (unpaired) electrons. The van der Waals surface area contributed by atoms with Crippen LogP contribution in [0.5, 0.6) is 0 Å². The molecule has 0 saturated heterocycles. The molecule has 0 unspecified atom stereocenters. The van der Waals surface area contributed by atoms with Crippen molar-refractivity contribution in [3.8, 4) is 0 Å². The number of hydroxylamine groups is 1. The summed E-state index contributed by atoms with van der Waals surface area (Å²) < 4.78 is 5.72. The van der Waals surface area contributed by atoms with Crippen molar-refractivity contribution < 1.29 is 19.2 Å². The molecule has 3 aromatic rings. The zero-order chi connectivity index (χ0) is 16.4. The molecule has 2 heterocycles. The molecule has 3 N–H and O–H groups in total. The molecule has 0 spiro atoms. The average molecular weight is 330 g/mol. The number of hydrogen-bond acceptors (Lipinski definition) is 5. The third-order valence-corrected chi connectivity index (χ3v) is 4.46. The van der Waals surface area contributed by atoms with Gasteiger partial charge in [-0.05, 0) is 31.2 Å². The summed E-state index contributed by atoms with van der Waals surface area (Å²) in [6.07, 6.45) is 0. The molecular weight excluding hydrogens is 316 g/mol. The van der Waals surface area contributed by atoms with Crippen LogP contribution in [0.3, 0.4) is 0 Å². The molecule has 0 aliphatic rings. The zero-order valence-corrected chi connectivity index (χ0v) is 13.0. The van der Waals surface area contributed by atoms with Crippen LogP contribution in [-0.4, -0.2) is 17.0 Å². The van der Waals surface area contributed by atoms with Gasteiger partial charge in [-0.15, -0.1) is 11.3 Å². The molecule has 0 bridgehead atoms. The third kappa shape index (κ3) is 3.10.